The van der Waals surface area contributed by atoms with E-state index in [1.165, 1.54) is 0 Å². The number of carboxylic acids is 1. The highest BCUT2D eigenvalue weighted by Gasteiger charge is 2.16. The maximum absolute atomic E-state index is 12.8. The van der Waals surface area contributed by atoms with Crippen LogP contribution in [0.25, 0.3) is 11.0 Å². The highest BCUT2D eigenvalue weighted by molar-refractivity contribution is 7.88. The van der Waals surface area contributed by atoms with Gasteiger partial charge in [0, 0.05) is 11.9 Å². The number of carboxylic acid groups (broad SMARTS) is 1. The fraction of sp³-hybridized carbons (Fsp3) is 0.192. The second-order valence-corrected chi connectivity index (χ2v) is 9.72. The second kappa shape index (κ2) is 10.5. The molecule has 0 aliphatic heterocycles. The average molecular weight is 480 g/mol. The second-order valence-electron chi connectivity index (χ2n) is 7.91. The van der Waals surface area contributed by atoms with Crippen molar-refractivity contribution in [2.24, 2.45) is 0 Å². The quantitative estimate of drug-likeness (QED) is 0.335. The lowest BCUT2D eigenvalue weighted by Gasteiger charge is -2.11. The molecule has 4 rings (SSSR count). The van der Waals surface area contributed by atoms with Gasteiger partial charge in [-0.1, -0.05) is 66.7 Å². The van der Waals surface area contributed by atoms with Crippen molar-refractivity contribution in [2.75, 3.05) is 13.2 Å². The minimum Gasteiger partial charge on any atom is -0.479 e. The fourth-order valence-electron chi connectivity index (χ4n) is 3.81. The number of aliphatic carboxylic acids is 1. The molecular formula is C26H25NO6S. The van der Waals surface area contributed by atoms with Gasteiger partial charge in [0.1, 0.15) is 0 Å². The summed E-state index contributed by atoms with van der Waals surface area (Å²) in [5.74, 6) is -0.847. The lowest BCUT2D eigenvalue weighted by Crippen LogP contribution is -2.27. The summed E-state index contributed by atoms with van der Waals surface area (Å²) in [6.07, 6.45) is 2.63. The van der Waals surface area contributed by atoms with Crippen molar-refractivity contribution in [3.05, 3.63) is 101 Å². The molecule has 3 aromatic carbocycles. The Hall–Kier alpha value is -3.62. The van der Waals surface area contributed by atoms with Gasteiger partial charge in [0.05, 0.1) is 12.0 Å². The lowest BCUT2D eigenvalue weighted by atomic mass is 10.0. The number of ether oxygens (including phenoxy) is 1. The molecule has 0 aliphatic rings. The van der Waals surface area contributed by atoms with E-state index in [2.05, 4.69) is 4.72 Å². The lowest BCUT2D eigenvalue weighted by molar-refractivity contribution is -0.139. The smallest absolute Gasteiger partial charge is 0.341 e. The van der Waals surface area contributed by atoms with Crippen LogP contribution >= 0.6 is 0 Å². The van der Waals surface area contributed by atoms with Crippen LogP contribution in [0, 0.1) is 0 Å². The number of carbonyl (C=O) groups is 1. The summed E-state index contributed by atoms with van der Waals surface area (Å²) in [6.45, 7) is -0.265. The van der Waals surface area contributed by atoms with Gasteiger partial charge in [0.25, 0.3) is 0 Å². The minimum absolute atomic E-state index is 0.102. The Morgan fingerprint density at radius 3 is 2.41 bits per heavy atom. The predicted octanol–water partition coefficient (Wildman–Crippen LogP) is 4.15. The Morgan fingerprint density at radius 2 is 1.65 bits per heavy atom. The zero-order chi connectivity index (χ0) is 24.0. The van der Waals surface area contributed by atoms with Crippen LogP contribution in [0.15, 0.2) is 83.5 Å². The molecule has 0 atom stereocenters. The highest BCUT2D eigenvalue weighted by atomic mass is 32.2. The van der Waals surface area contributed by atoms with Gasteiger partial charge in [-0.2, -0.15) is 0 Å². The number of sulfonamides is 1. The predicted molar refractivity (Wildman–Crippen MR) is 129 cm³/mol. The summed E-state index contributed by atoms with van der Waals surface area (Å²) in [5, 5.41) is 9.58. The van der Waals surface area contributed by atoms with Crippen molar-refractivity contribution in [3.8, 4) is 5.75 Å². The summed E-state index contributed by atoms with van der Waals surface area (Å²) >= 11 is 0. The van der Waals surface area contributed by atoms with E-state index in [4.69, 9.17) is 14.3 Å². The van der Waals surface area contributed by atoms with Gasteiger partial charge in [0.15, 0.2) is 17.9 Å². The first-order valence-corrected chi connectivity index (χ1v) is 12.5. The molecule has 0 amide bonds. The molecule has 1 heterocycles. The van der Waals surface area contributed by atoms with Gasteiger partial charge in [-0.25, -0.2) is 17.9 Å². The Bertz CT molecular complexity index is 1380. The summed E-state index contributed by atoms with van der Waals surface area (Å²) in [4.78, 5) is 10.8. The SMILES string of the molecule is O=C(O)COc1cccc2c(CCNS(=O)(=O)Cc3ccccc3Cc3ccccc3)coc12. The normalized spacial score (nSPS) is 11.5. The van der Waals surface area contributed by atoms with Gasteiger partial charge < -0.3 is 14.3 Å². The zero-order valence-corrected chi connectivity index (χ0v) is 19.3. The number of hydrogen-bond acceptors (Lipinski definition) is 5. The van der Waals surface area contributed by atoms with E-state index < -0.39 is 22.6 Å². The molecule has 1 aromatic heterocycles. The number of fused-ring (bicyclic) bond motifs is 1. The molecule has 0 aliphatic carbocycles. The van der Waals surface area contributed by atoms with E-state index in [0.717, 1.165) is 27.6 Å². The number of nitrogens with one attached hydrogen (secondary N) is 1. The Labute approximate surface area is 198 Å². The van der Waals surface area contributed by atoms with Crippen LogP contribution in [0.5, 0.6) is 5.75 Å². The van der Waals surface area contributed by atoms with Crippen LogP contribution in [0.2, 0.25) is 0 Å². The Balaban J connectivity index is 1.40. The first kappa shape index (κ1) is 23.5. The molecule has 176 valence electrons. The van der Waals surface area contributed by atoms with Gasteiger partial charge >= 0.3 is 5.97 Å². The molecule has 0 spiro atoms. The molecule has 0 radical (unpaired) electrons. The zero-order valence-electron chi connectivity index (χ0n) is 18.4. The minimum atomic E-state index is -3.55. The average Bonchev–Trinajstić information content (AvgIpc) is 3.23. The summed E-state index contributed by atoms with van der Waals surface area (Å²) in [6, 6.07) is 22.7. The largest absolute Gasteiger partial charge is 0.479 e. The van der Waals surface area contributed by atoms with E-state index in [9.17, 15) is 13.2 Å². The summed E-state index contributed by atoms with van der Waals surface area (Å²) < 4.78 is 39.1. The molecule has 0 unspecified atom stereocenters. The third-order valence-electron chi connectivity index (χ3n) is 5.41. The first-order valence-electron chi connectivity index (χ1n) is 10.8. The molecule has 0 bridgehead atoms. The topological polar surface area (TPSA) is 106 Å². The number of hydrogen-bond donors (Lipinski definition) is 2. The van der Waals surface area contributed by atoms with Crippen molar-refractivity contribution >= 4 is 27.0 Å². The van der Waals surface area contributed by atoms with Crippen LogP contribution in [-0.2, 0) is 33.4 Å². The van der Waals surface area contributed by atoms with Crippen molar-refractivity contribution < 1.29 is 27.5 Å². The summed E-state index contributed by atoms with van der Waals surface area (Å²) in [7, 11) is -3.55. The first-order chi connectivity index (χ1) is 16.4. The van der Waals surface area contributed by atoms with E-state index in [1.807, 2.05) is 60.7 Å². The van der Waals surface area contributed by atoms with Crippen molar-refractivity contribution in [1.29, 1.82) is 0 Å². The van der Waals surface area contributed by atoms with Gasteiger partial charge in [-0.15, -0.1) is 0 Å². The molecule has 2 N–H and O–H groups in total. The molecule has 0 saturated carbocycles. The van der Waals surface area contributed by atoms with Crippen molar-refractivity contribution in [2.45, 2.75) is 18.6 Å². The van der Waals surface area contributed by atoms with E-state index in [0.29, 0.717) is 24.2 Å². The van der Waals surface area contributed by atoms with Crippen LogP contribution in [0.3, 0.4) is 0 Å². The van der Waals surface area contributed by atoms with Crippen LogP contribution in [-0.4, -0.2) is 32.6 Å². The van der Waals surface area contributed by atoms with Gasteiger partial charge in [-0.3, -0.25) is 0 Å². The third-order valence-corrected chi connectivity index (χ3v) is 6.75. The van der Waals surface area contributed by atoms with Crippen molar-refractivity contribution in [3.63, 3.8) is 0 Å². The van der Waals surface area contributed by atoms with Crippen molar-refractivity contribution in [1.82, 2.24) is 4.72 Å². The highest BCUT2D eigenvalue weighted by Crippen LogP contribution is 2.30. The standard InChI is InChI=1S/C26H25NO6S/c28-25(29)17-32-24-12-6-11-23-21(16-33-26(23)24)13-14-27-34(30,31)18-22-10-5-4-9-20(22)15-19-7-2-1-3-8-19/h1-12,16,27H,13-15,17-18H2,(H,28,29). The van der Waals surface area contributed by atoms with Gasteiger partial charge in [-0.05, 0) is 41.2 Å². The van der Waals surface area contributed by atoms with Crippen LogP contribution in [0.1, 0.15) is 22.3 Å². The van der Waals surface area contributed by atoms with Gasteiger partial charge in [0.2, 0.25) is 10.0 Å². The maximum Gasteiger partial charge on any atom is 0.341 e. The van der Waals surface area contributed by atoms with E-state index in [1.54, 1.807) is 18.4 Å². The number of benzene rings is 3. The van der Waals surface area contributed by atoms with E-state index >= 15 is 0 Å². The molecule has 8 heteroatoms. The molecule has 34 heavy (non-hydrogen) atoms. The molecule has 0 saturated heterocycles. The maximum atomic E-state index is 12.8. The molecule has 4 aromatic rings. The Kier molecular flexibility index (Phi) is 7.30. The number of rotatable bonds is 11. The molecule has 7 nitrogen and oxygen atoms in total. The molecular weight excluding hydrogens is 454 g/mol. The fourth-order valence-corrected chi connectivity index (χ4v) is 5.02. The number of para-hydroxylation sites is 1. The van der Waals surface area contributed by atoms with Crippen LogP contribution in [0.4, 0.5) is 0 Å². The van der Waals surface area contributed by atoms with Crippen LogP contribution < -0.4 is 9.46 Å². The van der Waals surface area contributed by atoms with E-state index in [-0.39, 0.29) is 12.3 Å². The third kappa shape index (κ3) is 6.03. The summed E-state index contributed by atoms with van der Waals surface area (Å²) in [5.41, 5.74) is 4.12. The number of furan rings is 1. The Morgan fingerprint density at radius 1 is 0.912 bits per heavy atom. The molecule has 0 fully saturated rings. The monoisotopic (exact) mass is 479 g/mol.